The Morgan fingerprint density at radius 3 is 2.63 bits per heavy atom. The minimum atomic E-state index is -0.243. The lowest BCUT2D eigenvalue weighted by atomic mass is 9.96. The standard InChI is InChI=1S/C18H22N8O/c1-18(2,3)17-23-22-13-5-6-14(24-26(13)17)25-10-12(11-25)9-21-16(27)15-19-7-4-8-20-15/h4-8,12H,9-11H2,1-3H3,(H,21,27). The first-order chi connectivity index (χ1) is 12.9. The molecule has 140 valence electrons. The van der Waals surface area contributed by atoms with E-state index < -0.39 is 0 Å². The predicted molar refractivity (Wildman–Crippen MR) is 99.6 cm³/mol. The van der Waals surface area contributed by atoms with Crippen LogP contribution in [0.4, 0.5) is 5.82 Å². The van der Waals surface area contributed by atoms with Gasteiger partial charge in [0.25, 0.3) is 5.91 Å². The van der Waals surface area contributed by atoms with Gasteiger partial charge >= 0.3 is 0 Å². The molecule has 1 fully saturated rings. The molecule has 27 heavy (non-hydrogen) atoms. The summed E-state index contributed by atoms with van der Waals surface area (Å²) in [6.45, 7) is 8.54. The number of aromatic nitrogens is 6. The van der Waals surface area contributed by atoms with E-state index in [9.17, 15) is 4.79 Å². The zero-order valence-electron chi connectivity index (χ0n) is 15.6. The number of carbonyl (C=O) groups is 1. The molecule has 1 aliphatic heterocycles. The van der Waals surface area contributed by atoms with Crippen LogP contribution >= 0.6 is 0 Å². The first-order valence-corrected chi connectivity index (χ1v) is 8.95. The smallest absolute Gasteiger partial charge is 0.289 e. The van der Waals surface area contributed by atoms with Crippen molar-refractivity contribution in [3.8, 4) is 0 Å². The highest BCUT2D eigenvalue weighted by Gasteiger charge is 2.29. The van der Waals surface area contributed by atoms with Crippen LogP contribution in [0.15, 0.2) is 30.6 Å². The van der Waals surface area contributed by atoms with Crippen molar-refractivity contribution in [2.24, 2.45) is 5.92 Å². The number of rotatable bonds is 4. The van der Waals surface area contributed by atoms with E-state index in [-0.39, 0.29) is 17.1 Å². The molecule has 9 heteroatoms. The summed E-state index contributed by atoms with van der Waals surface area (Å²) in [5, 5.41) is 16.1. The summed E-state index contributed by atoms with van der Waals surface area (Å²) in [4.78, 5) is 22.1. The number of anilines is 1. The minimum absolute atomic E-state index is 0.133. The van der Waals surface area contributed by atoms with Gasteiger partial charge in [-0.15, -0.1) is 15.3 Å². The average Bonchev–Trinajstić information content (AvgIpc) is 3.04. The van der Waals surface area contributed by atoms with Gasteiger partial charge in [0.2, 0.25) is 5.82 Å². The van der Waals surface area contributed by atoms with E-state index >= 15 is 0 Å². The molecule has 3 aromatic rings. The van der Waals surface area contributed by atoms with Gasteiger partial charge in [-0.1, -0.05) is 20.8 Å². The number of hydrogen-bond acceptors (Lipinski definition) is 7. The lowest BCUT2D eigenvalue weighted by molar-refractivity contribution is 0.0934. The van der Waals surface area contributed by atoms with Gasteiger partial charge in [-0.25, -0.2) is 9.97 Å². The number of hydrogen-bond donors (Lipinski definition) is 1. The molecule has 0 aromatic carbocycles. The van der Waals surface area contributed by atoms with Crippen molar-refractivity contribution < 1.29 is 4.79 Å². The Morgan fingerprint density at radius 2 is 1.93 bits per heavy atom. The van der Waals surface area contributed by atoms with Crippen LogP contribution in [0.5, 0.6) is 0 Å². The van der Waals surface area contributed by atoms with Crippen molar-refractivity contribution >= 4 is 17.4 Å². The molecule has 4 heterocycles. The third-order valence-electron chi connectivity index (χ3n) is 4.52. The van der Waals surface area contributed by atoms with Crippen LogP contribution in [0, 0.1) is 5.92 Å². The second-order valence-electron chi connectivity index (χ2n) is 7.79. The molecular formula is C18H22N8O. The summed E-state index contributed by atoms with van der Waals surface area (Å²) in [7, 11) is 0. The quantitative estimate of drug-likeness (QED) is 0.737. The van der Waals surface area contributed by atoms with Crippen LogP contribution in [0.3, 0.4) is 0 Å². The Morgan fingerprint density at radius 1 is 1.19 bits per heavy atom. The van der Waals surface area contributed by atoms with Crippen molar-refractivity contribution in [2.75, 3.05) is 24.5 Å². The maximum absolute atomic E-state index is 12.0. The van der Waals surface area contributed by atoms with Gasteiger partial charge in [-0.3, -0.25) is 4.79 Å². The van der Waals surface area contributed by atoms with E-state index in [1.165, 1.54) is 0 Å². The molecule has 1 aliphatic rings. The number of nitrogens with one attached hydrogen (secondary N) is 1. The fourth-order valence-corrected chi connectivity index (χ4v) is 3.03. The molecule has 0 saturated carbocycles. The molecule has 1 N–H and O–H groups in total. The Bertz CT molecular complexity index is 956. The largest absolute Gasteiger partial charge is 0.354 e. The van der Waals surface area contributed by atoms with Gasteiger partial charge < -0.3 is 10.2 Å². The van der Waals surface area contributed by atoms with Crippen LogP contribution in [-0.4, -0.2) is 55.3 Å². The Hall–Kier alpha value is -3.10. The van der Waals surface area contributed by atoms with Crippen molar-refractivity contribution in [2.45, 2.75) is 26.2 Å². The highest BCUT2D eigenvalue weighted by atomic mass is 16.2. The van der Waals surface area contributed by atoms with Gasteiger partial charge in [-0.05, 0) is 18.2 Å². The molecule has 0 aliphatic carbocycles. The molecule has 0 bridgehead atoms. The molecule has 0 spiro atoms. The monoisotopic (exact) mass is 366 g/mol. The third-order valence-corrected chi connectivity index (χ3v) is 4.52. The molecule has 0 atom stereocenters. The zero-order valence-corrected chi connectivity index (χ0v) is 15.6. The molecule has 1 saturated heterocycles. The SMILES string of the molecule is CC(C)(C)c1nnc2ccc(N3CC(CNC(=O)c4ncccn4)C3)nn12. The second kappa shape index (κ2) is 6.57. The van der Waals surface area contributed by atoms with Crippen molar-refractivity contribution in [3.05, 3.63) is 42.2 Å². The van der Waals surface area contributed by atoms with Crippen molar-refractivity contribution in [1.29, 1.82) is 0 Å². The van der Waals surface area contributed by atoms with E-state index in [0.29, 0.717) is 12.5 Å². The number of amides is 1. The molecule has 0 radical (unpaired) electrons. The zero-order chi connectivity index (χ0) is 19.0. The van der Waals surface area contributed by atoms with Crippen LogP contribution in [0.25, 0.3) is 5.65 Å². The van der Waals surface area contributed by atoms with Crippen molar-refractivity contribution in [3.63, 3.8) is 0 Å². The molecular weight excluding hydrogens is 344 g/mol. The summed E-state index contributed by atoms with van der Waals surface area (Å²) < 4.78 is 1.82. The van der Waals surface area contributed by atoms with E-state index in [0.717, 1.165) is 30.4 Å². The number of carbonyl (C=O) groups excluding carboxylic acids is 1. The summed E-state index contributed by atoms with van der Waals surface area (Å²) in [5.74, 6) is 2.06. The van der Waals surface area contributed by atoms with E-state index in [2.05, 4.69) is 51.2 Å². The maximum atomic E-state index is 12.0. The van der Waals surface area contributed by atoms with Crippen LogP contribution in [0.1, 0.15) is 37.2 Å². The van der Waals surface area contributed by atoms with Crippen LogP contribution in [-0.2, 0) is 5.41 Å². The summed E-state index contributed by atoms with van der Waals surface area (Å²) in [6.07, 6.45) is 3.12. The highest BCUT2D eigenvalue weighted by Crippen LogP contribution is 2.25. The topological polar surface area (TPSA) is 101 Å². The van der Waals surface area contributed by atoms with Gasteiger partial charge in [-0.2, -0.15) is 4.52 Å². The average molecular weight is 366 g/mol. The minimum Gasteiger partial charge on any atom is -0.354 e. The maximum Gasteiger partial charge on any atom is 0.289 e. The van der Waals surface area contributed by atoms with E-state index in [4.69, 9.17) is 5.10 Å². The number of nitrogens with zero attached hydrogens (tertiary/aromatic N) is 7. The molecule has 3 aromatic heterocycles. The molecule has 9 nitrogen and oxygen atoms in total. The highest BCUT2D eigenvalue weighted by molar-refractivity contribution is 5.90. The molecule has 1 amide bonds. The summed E-state index contributed by atoms with van der Waals surface area (Å²) >= 11 is 0. The Labute approximate surface area is 156 Å². The fraction of sp³-hybridized carbons (Fsp3) is 0.444. The van der Waals surface area contributed by atoms with E-state index in [1.807, 2.05) is 16.6 Å². The normalized spacial score (nSPS) is 15.0. The van der Waals surface area contributed by atoms with Gasteiger partial charge in [0.1, 0.15) is 5.82 Å². The molecule has 0 unspecified atom stereocenters. The van der Waals surface area contributed by atoms with E-state index in [1.54, 1.807) is 18.5 Å². The van der Waals surface area contributed by atoms with Gasteiger partial charge in [0, 0.05) is 43.4 Å². The Kier molecular flexibility index (Phi) is 4.21. The molecule has 4 rings (SSSR count). The van der Waals surface area contributed by atoms with Gasteiger partial charge in [0.15, 0.2) is 11.5 Å². The summed E-state index contributed by atoms with van der Waals surface area (Å²) in [5.41, 5.74) is 0.614. The van der Waals surface area contributed by atoms with Crippen molar-refractivity contribution in [1.82, 2.24) is 35.1 Å². The predicted octanol–water partition coefficient (Wildman–Crippen LogP) is 1.08. The lowest BCUT2D eigenvalue weighted by Crippen LogP contribution is -2.52. The van der Waals surface area contributed by atoms with Crippen LogP contribution < -0.4 is 10.2 Å². The number of fused-ring (bicyclic) bond motifs is 1. The summed E-state index contributed by atoms with van der Waals surface area (Å²) in [6, 6.07) is 5.58. The second-order valence-corrected chi connectivity index (χ2v) is 7.79. The Balaban J connectivity index is 1.37. The third kappa shape index (κ3) is 3.44. The fourth-order valence-electron chi connectivity index (χ4n) is 3.03. The lowest BCUT2D eigenvalue weighted by Gasteiger charge is -2.40. The van der Waals surface area contributed by atoms with Crippen LogP contribution in [0.2, 0.25) is 0 Å². The van der Waals surface area contributed by atoms with Gasteiger partial charge in [0.05, 0.1) is 0 Å². The first-order valence-electron chi connectivity index (χ1n) is 8.95. The first kappa shape index (κ1) is 17.3.